The maximum absolute atomic E-state index is 12.5. The van der Waals surface area contributed by atoms with E-state index in [2.05, 4.69) is 22.9 Å². The van der Waals surface area contributed by atoms with Crippen molar-refractivity contribution in [2.45, 2.75) is 20.3 Å². The van der Waals surface area contributed by atoms with Crippen molar-refractivity contribution in [3.8, 4) is 0 Å². The predicted molar refractivity (Wildman–Crippen MR) is 95.8 cm³/mol. The fourth-order valence-corrected chi connectivity index (χ4v) is 3.73. The number of aromatic nitrogens is 1. The molecule has 0 spiro atoms. The van der Waals surface area contributed by atoms with E-state index >= 15 is 0 Å². The number of thiophene rings is 1. The van der Waals surface area contributed by atoms with Crippen LogP contribution in [0.3, 0.4) is 0 Å². The molecule has 3 rings (SSSR count). The van der Waals surface area contributed by atoms with Gasteiger partial charge in [0, 0.05) is 32.4 Å². The lowest BCUT2D eigenvalue weighted by molar-refractivity contribution is -0.130. The fraction of sp³-hybridized carbons (Fsp3) is 0.389. The molecule has 0 saturated carbocycles. The lowest BCUT2D eigenvalue weighted by Crippen LogP contribution is -2.49. The molecule has 0 bridgehead atoms. The zero-order valence-electron chi connectivity index (χ0n) is 14.0. The van der Waals surface area contributed by atoms with Crippen molar-refractivity contribution in [1.29, 1.82) is 0 Å². The molecule has 1 aliphatic rings. The number of anilines is 1. The Kier molecular flexibility index (Phi) is 4.94. The average Bonchev–Trinajstić information content (AvgIpc) is 3.04. The van der Waals surface area contributed by atoms with Crippen LogP contribution < -0.4 is 4.90 Å². The van der Waals surface area contributed by atoms with Gasteiger partial charge in [0.1, 0.15) is 5.82 Å². The Hall–Kier alpha value is -2.21. The maximum atomic E-state index is 12.5. The van der Waals surface area contributed by atoms with E-state index in [1.807, 2.05) is 28.6 Å². The average molecular weight is 343 g/mol. The van der Waals surface area contributed by atoms with Crippen molar-refractivity contribution in [3.05, 3.63) is 45.8 Å². The van der Waals surface area contributed by atoms with Gasteiger partial charge < -0.3 is 9.80 Å². The molecule has 0 N–H and O–H groups in total. The molecule has 0 radical (unpaired) electrons. The van der Waals surface area contributed by atoms with Gasteiger partial charge in [0.15, 0.2) is 5.78 Å². The summed E-state index contributed by atoms with van der Waals surface area (Å²) in [4.78, 5) is 33.1. The summed E-state index contributed by atoms with van der Waals surface area (Å²) in [5.41, 5.74) is 2.09. The first kappa shape index (κ1) is 16.6. The van der Waals surface area contributed by atoms with Crippen molar-refractivity contribution in [2.75, 3.05) is 31.1 Å². The van der Waals surface area contributed by atoms with Gasteiger partial charge in [-0.25, -0.2) is 4.98 Å². The van der Waals surface area contributed by atoms with Crippen molar-refractivity contribution < 1.29 is 9.59 Å². The minimum Gasteiger partial charge on any atom is -0.353 e. The number of hydrogen-bond donors (Lipinski definition) is 0. The van der Waals surface area contributed by atoms with E-state index in [0.717, 1.165) is 30.0 Å². The Morgan fingerprint density at radius 3 is 2.62 bits per heavy atom. The van der Waals surface area contributed by atoms with E-state index in [4.69, 9.17) is 0 Å². The number of piperazine rings is 1. The fourth-order valence-electron chi connectivity index (χ4n) is 2.92. The van der Waals surface area contributed by atoms with Crippen LogP contribution >= 0.6 is 11.3 Å². The van der Waals surface area contributed by atoms with E-state index in [9.17, 15) is 9.59 Å². The first-order valence-electron chi connectivity index (χ1n) is 8.07. The van der Waals surface area contributed by atoms with Crippen molar-refractivity contribution in [1.82, 2.24) is 9.88 Å². The zero-order chi connectivity index (χ0) is 17.1. The highest BCUT2D eigenvalue weighted by Gasteiger charge is 2.23. The van der Waals surface area contributed by atoms with E-state index in [1.165, 1.54) is 11.3 Å². The van der Waals surface area contributed by atoms with Crippen LogP contribution in [-0.2, 0) is 11.2 Å². The molecule has 0 unspecified atom stereocenters. The number of carbonyl (C=O) groups excluding carboxylic acids is 2. The normalized spacial score (nSPS) is 14.8. The van der Waals surface area contributed by atoms with E-state index in [-0.39, 0.29) is 11.7 Å². The van der Waals surface area contributed by atoms with Crippen molar-refractivity contribution in [2.24, 2.45) is 0 Å². The van der Waals surface area contributed by atoms with Gasteiger partial charge in [-0.2, -0.15) is 0 Å². The summed E-state index contributed by atoms with van der Waals surface area (Å²) in [6.45, 7) is 6.62. The highest BCUT2D eigenvalue weighted by Crippen LogP contribution is 2.19. The predicted octanol–water partition coefficient (Wildman–Crippen LogP) is 2.55. The molecule has 3 heterocycles. The van der Waals surface area contributed by atoms with Crippen LogP contribution in [0.15, 0.2) is 29.8 Å². The molecule has 2 aromatic heterocycles. The molecule has 5 nitrogen and oxygen atoms in total. The van der Waals surface area contributed by atoms with Crippen molar-refractivity contribution in [3.63, 3.8) is 0 Å². The summed E-state index contributed by atoms with van der Waals surface area (Å²) in [5.74, 6) is 1.19. The van der Waals surface area contributed by atoms with Crippen LogP contribution in [0.25, 0.3) is 0 Å². The highest BCUT2D eigenvalue weighted by molar-refractivity contribution is 7.12. The number of ketones is 1. The first-order valence-corrected chi connectivity index (χ1v) is 8.95. The second-order valence-electron chi connectivity index (χ2n) is 6.06. The van der Waals surface area contributed by atoms with Gasteiger partial charge in [-0.3, -0.25) is 9.59 Å². The number of Topliss-reactive ketones (excluding diaryl/α,β-unsaturated/α-hetero) is 1. The molecule has 6 heteroatoms. The number of amides is 1. The summed E-state index contributed by atoms with van der Waals surface area (Å²) in [6.07, 6.45) is 2.18. The Morgan fingerprint density at radius 2 is 2.00 bits per heavy atom. The van der Waals surface area contributed by atoms with E-state index < -0.39 is 0 Å². The number of nitrogens with zero attached hydrogens (tertiary/aromatic N) is 3. The van der Waals surface area contributed by atoms with Gasteiger partial charge in [-0.05, 0) is 42.5 Å². The molecule has 2 aromatic rings. The molecular weight excluding hydrogens is 322 g/mol. The van der Waals surface area contributed by atoms with E-state index in [0.29, 0.717) is 24.4 Å². The van der Waals surface area contributed by atoms with Crippen LogP contribution in [0.4, 0.5) is 5.82 Å². The lowest BCUT2D eigenvalue weighted by Gasteiger charge is -2.36. The van der Waals surface area contributed by atoms with Crippen LogP contribution in [0.5, 0.6) is 0 Å². The molecule has 1 saturated heterocycles. The van der Waals surface area contributed by atoms with Gasteiger partial charge in [0.25, 0.3) is 0 Å². The minimum atomic E-state index is 0.0537. The van der Waals surface area contributed by atoms with Gasteiger partial charge in [-0.15, -0.1) is 11.3 Å². The van der Waals surface area contributed by atoms with Crippen LogP contribution in [0.1, 0.15) is 27.7 Å². The number of rotatable bonds is 4. The van der Waals surface area contributed by atoms with Gasteiger partial charge in [0.2, 0.25) is 5.91 Å². The largest absolute Gasteiger partial charge is 0.353 e. The smallest absolute Gasteiger partial charge is 0.227 e. The zero-order valence-corrected chi connectivity index (χ0v) is 14.8. The Balaban J connectivity index is 1.57. The second-order valence-corrected chi connectivity index (χ2v) is 6.98. The van der Waals surface area contributed by atoms with Gasteiger partial charge >= 0.3 is 0 Å². The Labute approximate surface area is 145 Å². The quantitative estimate of drug-likeness (QED) is 0.801. The number of carbonyl (C=O) groups is 2. The number of hydrogen-bond acceptors (Lipinski definition) is 5. The second kappa shape index (κ2) is 7.13. The van der Waals surface area contributed by atoms with Crippen LogP contribution in [-0.4, -0.2) is 47.8 Å². The SMILES string of the molecule is CC(=O)c1cc(CC(=O)N2CCN(c3ncccc3C)CC2)cs1. The third kappa shape index (κ3) is 3.64. The minimum absolute atomic E-state index is 0.0537. The molecule has 126 valence electrons. The summed E-state index contributed by atoms with van der Waals surface area (Å²) < 4.78 is 0. The monoisotopic (exact) mass is 343 g/mol. The summed E-state index contributed by atoms with van der Waals surface area (Å²) in [6, 6.07) is 5.83. The summed E-state index contributed by atoms with van der Waals surface area (Å²) >= 11 is 1.41. The molecular formula is C18H21N3O2S. The standard InChI is InChI=1S/C18H21N3O2S/c1-13-4-3-5-19-18(13)21-8-6-20(7-9-21)17(23)11-15-10-16(14(2)22)24-12-15/h3-5,10,12H,6-9,11H2,1-2H3. The third-order valence-corrected chi connectivity index (χ3v) is 5.35. The number of pyridine rings is 1. The first-order chi connectivity index (χ1) is 11.5. The van der Waals surface area contributed by atoms with Gasteiger partial charge in [-0.1, -0.05) is 6.07 Å². The van der Waals surface area contributed by atoms with Crippen molar-refractivity contribution >= 4 is 28.8 Å². The number of aryl methyl sites for hydroxylation is 1. The summed E-state index contributed by atoms with van der Waals surface area (Å²) in [7, 11) is 0. The molecule has 0 atom stereocenters. The molecule has 1 aliphatic heterocycles. The Bertz CT molecular complexity index is 748. The Morgan fingerprint density at radius 1 is 1.25 bits per heavy atom. The third-order valence-electron chi connectivity index (χ3n) is 4.27. The molecule has 1 fully saturated rings. The molecule has 1 amide bonds. The highest BCUT2D eigenvalue weighted by atomic mass is 32.1. The maximum Gasteiger partial charge on any atom is 0.227 e. The topological polar surface area (TPSA) is 53.5 Å². The molecule has 0 aromatic carbocycles. The summed E-state index contributed by atoms with van der Waals surface area (Å²) in [5, 5.41) is 1.90. The van der Waals surface area contributed by atoms with Crippen LogP contribution in [0, 0.1) is 6.92 Å². The molecule has 0 aliphatic carbocycles. The molecule has 24 heavy (non-hydrogen) atoms. The van der Waals surface area contributed by atoms with Crippen LogP contribution in [0.2, 0.25) is 0 Å². The lowest BCUT2D eigenvalue weighted by atomic mass is 10.1. The van der Waals surface area contributed by atoms with Gasteiger partial charge in [0.05, 0.1) is 11.3 Å². The van der Waals surface area contributed by atoms with E-state index in [1.54, 1.807) is 6.92 Å².